The lowest BCUT2D eigenvalue weighted by Gasteiger charge is -2.32. The number of para-hydroxylation sites is 3. The lowest BCUT2D eigenvalue weighted by Crippen LogP contribution is -2.27. The molecule has 1 heterocycles. The molecule has 15 aromatic rings. The van der Waals surface area contributed by atoms with Crippen LogP contribution in [0.1, 0.15) is 57.3 Å². The van der Waals surface area contributed by atoms with Crippen molar-refractivity contribution in [3.63, 3.8) is 0 Å². The van der Waals surface area contributed by atoms with Crippen LogP contribution < -0.4 is 4.90 Å². The molecule has 418 valence electrons. The van der Waals surface area contributed by atoms with Crippen LogP contribution in [0.3, 0.4) is 0 Å². The standard InChI is InChI=1S/C88H56N2/c1-2-23-57(24-3-1)89(58-47-49-59(50-48-58)90-81-42-20-12-31-68(81)69-32-13-21-43-82(69)90)83-44-22-35-72-84(55-45-51-66-64-29-10-18-40-77(64)87(79(66)53-55)73-36-14-6-25-60(73)61-26-7-15-37-74(61)87)70-33-4-5-34-71(70)85(86(72)83)56-46-52-67-65-30-11-19-41-78(65)88(80(67)54-56)75-38-16-8-27-62(75)63-28-9-17-39-76(63)88/h1-9,11-28,30-54H,10,29H2. The summed E-state index contributed by atoms with van der Waals surface area (Å²) >= 11 is 0. The molecule has 0 radical (unpaired) electrons. The van der Waals surface area contributed by atoms with Gasteiger partial charge in [-0.15, -0.1) is 0 Å². The molecule has 5 aliphatic carbocycles. The second-order valence-corrected chi connectivity index (χ2v) is 25.1. The largest absolute Gasteiger partial charge is 0.310 e. The van der Waals surface area contributed by atoms with Gasteiger partial charge in [0.15, 0.2) is 0 Å². The number of rotatable bonds is 6. The molecule has 1 aromatic heterocycles. The van der Waals surface area contributed by atoms with Gasteiger partial charge in [-0.1, -0.05) is 249 Å². The molecule has 14 aromatic carbocycles. The smallest absolute Gasteiger partial charge is 0.0725 e. The highest BCUT2D eigenvalue weighted by molar-refractivity contribution is 6.25. The number of allylic oxidation sites excluding steroid dienone is 4. The Labute approximate surface area is 522 Å². The van der Waals surface area contributed by atoms with Crippen molar-refractivity contribution in [2.75, 3.05) is 4.90 Å². The SMILES string of the molecule is C1=CC2=C(CC1)c1ccc(-c3c4ccccc4c(-c4ccc5c(c4)C4(c6ccccc6-c6ccccc64)c4ccccc4-5)c4c(N(c5ccccc5)c5ccc(-n6c7ccccc7c7ccccc76)cc5)cccc34)cc1C21c2ccccc2-c2ccccc21. The number of aromatic nitrogens is 1. The molecule has 0 amide bonds. The average Bonchev–Trinajstić information content (AvgIpc) is 1.51. The molecule has 20 rings (SSSR count). The van der Waals surface area contributed by atoms with Crippen molar-refractivity contribution in [3.8, 4) is 61.3 Å². The molecule has 0 atom stereocenters. The molecule has 5 aliphatic rings. The maximum atomic E-state index is 2.61. The van der Waals surface area contributed by atoms with Crippen LogP contribution >= 0.6 is 0 Å². The minimum absolute atomic E-state index is 0.452. The third kappa shape index (κ3) is 6.41. The number of hydrogen-bond donors (Lipinski definition) is 0. The van der Waals surface area contributed by atoms with Gasteiger partial charge < -0.3 is 9.47 Å². The van der Waals surface area contributed by atoms with Crippen molar-refractivity contribution in [1.82, 2.24) is 4.57 Å². The molecule has 0 fully saturated rings. The third-order valence-electron chi connectivity index (χ3n) is 21.1. The van der Waals surface area contributed by atoms with Crippen LogP contribution in [0.25, 0.3) is 110 Å². The van der Waals surface area contributed by atoms with E-state index in [1.807, 2.05) is 0 Å². The Morgan fingerprint density at radius 1 is 0.311 bits per heavy atom. The lowest BCUT2D eigenvalue weighted by molar-refractivity contribution is 0.781. The quantitative estimate of drug-likeness (QED) is 0.151. The third-order valence-corrected chi connectivity index (χ3v) is 21.1. The van der Waals surface area contributed by atoms with Gasteiger partial charge in [0.2, 0.25) is 0 Å². The molecule has 0 N–H and O–H groups in total. The van der Waals surface area contributed by atoms with Gasteiger partial charge in [0.1, 0.15) is 0 Å². The molecule has 0 saturated carbocycles. The van der Waals surface area contributed by atoms with Gasteiger partial charge in [-0.3, -0.25) is 0 Å². The predicted molar refractivity (Wildman–Crippen MR) is 375 cm³/mol. The molecule has 2 heteroatoms. The van der Waals surface area contributed by atoms with Crippen molar-refractivity contribution >= 4 is 66.0 Å². The Bertz CT molecular complexity index is 5510. The molecule has 0 unspecified atom stereocenters. The van der Waals surface area contributed by atoms with E-state index in [2.05, 4.69) is 325 Å². The number of benzene rings is 14. The summed E-state index contributed by atoms with van der Waals surface area (Å²) < 4.78 is 2.42. The zero-order valence-corrected chi connectivity index (χ0v) is 49.3. The van der Waals surface area contributed by atoms with Gasteiger partial charge in [0, 0.05) is 33.2 Å². The van der Waals surface area contributed by atoms with Crippen LogP contribution in [0, 0.1) is 0 Å². The summed E-state index contributed by atoms with van der Waals surface area (Å²) in [7, 11) is 0. The van der Waals surface area contributed by atoms with Crippen LogP contribution in [0.5, 0.6) is 0 Å². The molecule has 90 heavy (non-hydrogen) atoms. The van der Waals surface area contributed by atoms with Gasteiger partial charge in [-0.2, -0.15) is 0 Å². The summed E-state index contributed by atoms with van der Waals surface area (Å²) in [5.74, 6) is 0. The summed E-state index contributed by atoms with van der Waals surface area (Å²) in [5, 5.41) is 7.35. The first-order valence-corrected chi connectivity index (χ1v) is 31.8. The monoisotopic (exact) mass is 1140 g/mol. The zero-order valence-electron chi connectivity index (χ0n) is 49.3. The predicted octanol–water partition coefficient (Wildman–Crippen LogP) is 22.7. The van der Waals surface area contributed by atoms with E-state index in [0.29, 0.717) is 0 Å². The first-order chi connectivity index (χ1) is 44.7. The van der Waals surface area contributed by atoms with E-state index in [0.717, 1.165) is 35.6 Å². The maximum absolute atomic E-state index is 2.61. The van der Waals surface area contributed by atoms with Crippen LogP contribution in [-0.4, -0.2) is 4.57 Å². The van der Waals surface area contributed by atoms with E-state index in [4.69, 9.17) is 0 Å². The van der Waals surface area contributed by atoms with Crippen LogP contribution in [-0.2, 0) is 10.8 Å². The van der Waals surface area contributed by atoms with Crippen LogP contribution in [0.2, 0.25) is 0 Å². The molecule has 2 nitrogen and oxygen atoms in total. The van der Waals surface area contributed by atoms with Crippen molar-refractivity contribution in [2.45, 2.75) is 23.7 Å². The number of hydrogen-bond acceptors (Lipinski definition) is 1. The summed E-state index contributed by atoms with van der Waals surface area (Å²) in [6.07, 6.45) is 6.94. The molecule has 0 bridgehead atoms. The Morgan fingerprint density at radius 2 is 0.744 bits per heavy atom. The van der Waals surface area contributed by atoms with E-state index in [-0.39, 0.29) is 0 Å². The van der Waals surface area contributed by atoms with Crippen molar-refractivity contribution < 1.29 is 0 Å². The normalized spacial score (nSPS) is 14.7. The highest BCUT2D eigenvalue weighted by atomic mass is 15.1. The molecular weight excluding hydrogens is 1080 g/mol. The van der Waals surface area contributed by atoms with Crippen LogP contribution in [0.15, 0.2) is 321 Å². The summed E-state index contributed by atoms with van der Waals surface area (Å²) in [6, 6.07) is 115. The van der Waals surface area contributed by atoms with Gasteiger partial charge in [-0.25, -0.2) is 0 Å². The minimum atomic E-state index is -0.516. The topological polar surface area (TPSA) is 8.17 Å². The summed E-state index contributed by atoms with van der Waals surface area (Å²) in [4.78, 5) is 2.52. The Kier molecular flexibility index (Phi) is 10.3. The lowest BCUT2D eigenvalue weighted by atomic mass is 9.68. The van der Waals surface area contributed by atoms with Crippen molar-refractivity contribution in [3.05, 3.63) is 366 Å². The van der Waals surface area contributed by atoms with Gasteiger partial charge in [0.05, 0.1) is 27.6 Å². The average molecular weight is 1140 g/mol. The molecular formula is C88H56N2. The van der Waals surface area contributed by atoms with Gasteiger partial charge in [-0.05, 0) is 207 Å². The summed E-state index contributed by atoms with van der Waals surface area (Å²) in [5.41, 5.74) is 32.3. The number of fused-ring (bicyclic) bond motifs is 24. The Hall–Kier alpha value is -11.3. The maximum Gasteiger partial charge on any atom is 0.0725 e. The van der Waals surface area contributed by atoms with E-state index in [1.54, 1.807) is 0 Å². The minimum Gasteiger partial charge on any atom is -0.310 e. The van der Waals surface area contributed by atoms with Gasteiger partial charge >= 0.3 is 0 Å². The first-order valence-electron chi connectivity index (χ1n) is 31.8. The van der Waals surface area contributed by atoms with Crippen molar-refractivity contribution in [1.29, 1.82) is 0 Å². The second kappa shape index (κ2) is 18.6. The Balaban J connectivity index is 0.882. The molecule has 0 saturated heterocycles. The van der Waals surface area contributed by atoms with E-state index >= 15 is 0 Å². The highest BCUT2D eigenvalue weighted by Crippen LogP contribution is 2.66. The molecule has 2 spiro atoms. The second-order valence-electron chi connectivity index (χ2n) is 25.1. The highest BCUT2D eigenvalue weighted by Gasteiger charge is 2.54. The first kappa shape index (κ1) is 49.8. The Morgan fingerprint density at radius 3 is 1.32 bits per heavy atom. The van der Waals surface area contributed by atoms with E-state index in [9.17, 15) is 0 Å². The number of nitrogens with zero attached hydrogens (tertiary/aromatic N) is 2. The zero-order chi connectivity index (χ0) is 58.8. The van der Waals surface area contributed by atoms with Gasteiger partial charge in [0.25, 0.3) is 0 Å². The van der Waals surface area contributed by atoms with E-state index < -0.39 is 10.8 Å². The summed E-state index contributed by atoms with van der Waals surface area (Å²) in [6.45, 7) is 0. The fourth-order valence-electron chi connectivity index (χ4n) is 17.7. The van der Waals surface area contributed by atoms with Crippen molar-refractivity contribution in [2.24, 2.45) is 0 Å². The fourth-order valence-corrected chi connectivity index (χ4v) is 17.7. The fraction of sp³-hybridized carbons (Fsp3) is 0.0455. The molecule has 0 aliphatic heterocycles. The van der Waals surface area contributed by atoms with Crippen LogP contribution in [0.4, 0.5) is 17.1 Å². The number of anilines is 3. The van der Waals surface area contributed by atoms with E-state index in [1.165, 1.54) is 155 Å².